The maximum absolute atomic E-state index is 13.4. The molecule has 0 saturated heterocycles. The third-order valence-corrected chi connectivity index (χ3v) is 2.65. The van der Waals surface area contributed by atoms with Gasteiger partial charge in [0.15, 0.2) is 23.4 Å². The predicted molar refractivity (Wildman–Crippen MR) is 54.3 cm³/mol. The number of rotatable bonds is 1. The number of carbonyl (C=O) groups excluding carboxylic acids is 1. The molecule has 0 saturated carbocycles. The van der Waals surface area contributed by atoms with Gasteiger partial charge in [-0.3, -0.25) is 4.79 Å². The van der Waals surface area contributed by atoms with Gasteiger partial charge in [-0.25, -0.2) is 4.39 Å². The molecule has 0 fully saturated rings. The number of furan rings is 1. The molecule has 0 aliphatic heterocycles. The molecule has 1 heterocycles. The fourth-order valence-corrected chi connectivity index (χ4v) is 2.04. The quantitative estimate of drug-likeness (QED) is 0.586. The lowest BCUT2D eigenvalue weighted by molar-refractivity contribution is 0.110. The van der Waals surface area contributed by atoms with Gasteiger partial charge in [0.25, 0.3) is 0 Å². The highest BCUT2D eigenvalue weighted by Crippen LogP contribution is 2.33. The van der Waals surface area contributed by atoms with Gasteiger partial charge in [0, 0.05) is 0 Å². The highest BCUT2D eigenvalue weighted by Gasteiger charge is 2.14. The Morgan fingerprint density at radius 2 is 2.21 bits per heavy atom. The Morgan fingerprint density at radius 3 is 2.86 bits per heavy atom. The van der Waals surface area contributed by atoms with Crippen LogP contribution in [0.4, 0.5) is 4.39 Å². The first-order valence-corrected chi connectivity index (χ1v) is 4.83. The van der Waals surface area contributed by atoms with E-state index in [1.54, 1.807) is 0 Å². The maximum atomic E-state index is 13.4. The van der Waals surface area contributed by atoms with Crippen molar-refractivity contribution in [3.05, 3.63) is 33.2 Å². The molecule has 0 aliphatic rings. The number of benzene rings is 1. The number of hydrogen-bond donors (Lipinski definition) is 0. The zero-order chi connectivity index (χ0) is 10.3. The summed E-state index contributed by atoms with van der Waals surface area (Å²) >= 11 is 8.77. The fraction of sp³-hybridized carbons (Fsp3) is 0. The molecule has 2 nitrogen and oxygen atoms in total. The van der Waals surface area contributed by atoms with Crippen LogP contribution < -0.4 is 0 Å². The summed E-state index contributed by atoms with van der Waals surface area (Å²) in [5, 5.41) is 0.189. The second-order valence-electron chi connectivity index (χ2n) is 2.66. The van der Waals surface area contributed by atoms with Crippen molar-refractivity contribution in [2.45, 2.75) is 0 Å². The smallest absolute Gasteiger partial charge is 0.185 e. The van der Waals surface area contributed by atoms with Crippen molar-refractivity contribution in [1.82, 2.24) is 0 Å². The Hall–Kier alpha value is -0.870. The van der Waals surface area contributed by atoms with E-state index in [9.17, 15) is 9.18 Å². The molecule has 0 amide bonds. The molecule has 0 aliphatic carbocycles. The summed E-state index contributed by atoms with van der Waals surface area (Å²) in [5.41, 5.74) is 0.286. The van der Waals surface area contributed by atoms with E-state index in [0.717, 1.165) is 0 Å². The lowest BCUT2D eigenvalue weighted by Crippen LogP contribution is -1.78. The molecule has 5 heteroatoms. The normalized spacial score (nSPS) is 10.8. The van der Waals surface area contributed by atoms with Gasteiger partial charge in [-0.2, -0.15) is 0 Å². The molecule has 72 valence electrons. The standard InChI is InChI=1S/C9H3BrClFO2/c10-6-2-7(11)8(12)5-1-4(3-13)14-9(5)6/h1-3H. The summed E-state index contributed by atoms with van der Waals surface area (Å²) in [5.74, 6) is -0.511. The van der Waals surface area contributed by atoms with Gasteiger partial charge < -0.3 is 4.42 Å². The van der Waals surface area contributed by atoms with Gasteiger partial charge in [-0.05, 0) is 28.1 Å². The zero-order valence-corrected chi connectivity index (χ0v) is 9.02. The first kappa shape index (κ1) is 9.68. The van der Waals surface area contributed by atoms with E-state index in [1.807, 2.05) is 0 Å². The number of carbonyl (C=O) groups is 1. The Morgan fingerprint density at radius 1 is 1.50 bits per heavy atom. The predicted octanol–water partition coefficient (Wildman–Crippen LogP) is 3.80. The third kappa shape index (κ3) is 1.35. The van der Waals surface area contributed by atoms with E-state index < -0.39 is 5.82 Å². The zero-order valence-electron chi connectivity index (χ0n) is 6.68. The van der Waals surface area contributed by atoms with E-state index in [4.69, 9.17) is 16.0 Å². The van der Waals surface area contributed by atoms with Crippen LogP contribution in [-0.2, 0) is 0 Å². The molecular formula is C9H3BrClFO2. The average Bonchev–Trinajstić information content (AvgIpc) is 2.58. The molecule has 1 aromatic carbocycles. The van der Waals surface area contributed by atoms with Crippen molar-refractivity contribution in [2.24, 2.45) is 0 Å². The van der Waals surface area contributed by atoms with Crippen LogP contribution in [0, 0.1) is 5.82 Å². The largest absolute Gasteiger partial charge is 0.452 e. The minimum atomic E-state index is -0.582. The van der Waals surface area contributed by atoms with Crippen LogP contribution in [0.5, 0.6) is 0 Å². The minimum Gasteiger partial charge on any atom is -0.452 e. The van der Waals surface area contributed by atoms with Gasteiger partial charge in [-0.1, -0.05) is 11.6 Å². The van der Waals surface area contributed by atoms with Crippen LogP contribution in [0.3, 0.4) is 0 Å². The molecule has 0 N–H and O–H groups in total. The van der Waals surface area contributed by atoms with Crippen molar-refractivity contribution in [1.29, 1.82) is 0 Å². The second kappa shape index (κ2) is 3.37. The van der Waals surface area contributed by atoms with Gasteiger partial charge in [0.1, 0.15) is 0 Å². The van der Waals surface area contributed by atoms with E-state index >= 15 is 0 Å². The van der Waals surface area contributed by atoms with Crippen molar-refractivity contribution in [2.75, 3.05) is 0 Å². The third-order valence-electron chi connectivity index (χ3n) is 1.78. The van der Waals surface area contributed by atoms with Crippen LogP contribution in [0.2, 0.25) is 5.02 Å². The molecule has 0 atom stereocenters. The molecule has 2 rings (SSSR count). The highest BCUT2D eigenvalue weighted by atomic mass is 79.9. The van der Waals surface area contributed by atoms with Gasteiger partial charge in [-0.15, -0.1) is 0 Å². The Kier molecular flexibility index (Phi) is 2.33. The van der Waals surface area contributed by atoms with Crippen LogP contribution in [0.25, 0.3) is 11.0 Å². The summed E-state index contributed by atoms with van der Waals surface area (Å²) in [4.78, 5) is 10.4. The van der Waals surface area contributed by atoms with E-state index in [1.165, 1.54) is 12.1 Å². The Labute approximate surface area is 91.8 Å². The molecule has 0 radical (unpaired) electrons. The second-order valence-corrected chi connectivity index (χ2v) is 3.93. The van der Waals surface area contributed by atoms with Crippen LogP contribution in [0.1, 0.15) is 10.6 Å². The summed E-state index contributed by atoms with van der Waals surface area (Å²) in [6.07, 6.45) is 0.514. The van der Waals surface area contributed by atoms with Gasteiger partial charge in [0.05, 0.1) is 14.9 Å². The average molecular weight is 277 g/mol. The summed E-state index contributed by atoms with van der Waals surface area (Å²) in [7, 11) is 0. The summed E-state index contributed by atoms with van der Waals surface area (Å²) in [6, 6.07) is 2.70. The maximum Gasteiger partial charge on any atom is 0.185 e. The van der Waals surface area contributed by atoms with Crippen LogP contribution in [0.15, 0.2) is 21.0 Å². The van der Waals surface area contributed by atoms with E-state index in [-0.39, 0.29) is 21.8 Å². The monoisotopic (exact) mass is 276 g/mol. The van der Waals surface area contributed by atoms with Crippen molar-refractivity contribution < 1.29 is 13.6 Å². The number of fused-ring (bicyclic) bond motifs is 1. The molecule has 0 spiro atoms. The van der Waals surface area contributed by atoms with Gasteiger partial charge >= 0.3 is 0 Å². The summed E-state index contributed by atoms with van der Waals surface area (Å²) < 4.78 is 19.0. The van der Waals surface area contributed by atoms with E-state index in [2.05, 4.69) is 15.9 Å². The molecule has 14 heavy (non-hydrogen) atoms. The number of hydrogen-bond acceptors (Lipinski definition) is 2. The van der Waals surface area contributed by atoms with E-state index in [0.29, 0.717) is 10.8 Å². The molecule has 1 aromatic heterocycles. The highest BCUT2D eigenvalue weighted by molar-refractivity contribution is 9.10. The van der Waals surface area contributed by atoms with Gasteiger partial charge in [0.2, 0.25) is 0 Å². The Balaban J connectivity index is 2.90. The van der Waals surface area contributed by atoms with Crippen LogP contribution >= 0.6 is 27.5 Å². The summed E-state index contributed by atoms with van der Waals surface area (Å²) in [6.45, 7) is 0. The molecule has 0 unspecified atom stereocenters. The van der Waals surface area contributed by atoms with Crippen LogP contribution in [-0.4, -0.2) is 6.29 Å². The Bertz CT molecular complexity index is 521. The fourth-order valence-electron chi connectivity index (χ4n) is 1.18. The topological polar surface area (TPSA) is 30.2 Å². The van der Waals surface area contributed by atoms with Crippen molar-refractivity contribution >= 4 is 44.8 Å². The molecular weight excluding hydrogens is 274 g/mol. The first-order valence-electron chi connectivity index (χ1n) is 3.65. The lowest BCUT2D eigenvalue weighted by atomic mass is 10.2. The SMILES string of the molecule is O=Cc1cc2c(F)c(Cl)cc(Br)c2o1. The first-order chi connectivity index (χ1) is 6.63. The lowest BCUT2D eigenvalue weighted by Gasteiger charge is -1.96. The molecule has 0 bridgehead atoms. The van der Waals surface area contributed by atoms with Crippen molar-refractivity contribution in [3.63, 3.8) is 0 Å². The van der Waals surface area contributed by atoms with Crippen molar-refractivity contribution in [3.8, 4) is 0 Å². The number of aldehydes is 1. The molecule has 2 aromatic rings. The minimum absolute atomic E-state index is 0.0115. The number of halogens is 3.